The van der Waals surface area contributed by atoms with Crippen LogP contribution in [0.2, 0.25) is 0 Å². The number of carbonyl (C=O) groups is 1. The van der Waals surface area contributed by atoms with Gasteiger partial charge in [0.15, 0.2) is 0 Å². The van der Waals surface area contributed by atoms with Gasteiger partial charge < -0.3 is 5.11 Å². The Hall–Kier alpha value is -2.17. The number of nitrogens with zero attached hydrogens (tertiary/aromatic N) is 3. The molecule has 76 valence electrons. The molecule has 0 aliphatic rings. The third-order valence-electron chi connectivity index (χ3n) is 2.02. The standard InChI is InChI=1S/C10H9N3O2/c1-13-6-9(5-12-13)7-2-8(10(14)15)4-11-3-7/h2-6H,1H3,(H,14,15). The molecule has 0 aliphatic heterocycles. The highest BCUT2D eigenvalue weighted by molar-refractivity contribution is 5.88. The number of carboxylic acid groups (broad SMARTS) is 1. The molecule has 5 nitrogen and oxygen atoms in total. The Morgan fingerprint density at radius 1 is 1.33 bits per heavy atom. The lowest BCUT2D eigenvalue weighted by Gasteiger charge is -1.97. The van der Waals surface area contributed by atoms with Crippen molar-refractivity contribution in [3.63, 3.8) is 0 Å². The maximum atomic E-state index is 10.7. The third kappa shape index (κ3) is 1.85. The summed E-state index contributed by atoms with van der Waals surface area (Å²) in [6.45, 7) is 0. The second-order valence-corrected chi connectivity index (χ2v) is 3.17. The number of aromatic nitrogens is 3. The van der Waals surface area contributed by atoms with E-state index in [1.54, 1.807) is 30.2 Å². The average Bonchev–Trinajstić information content (AvgIpc) is 2.65. The van der Waals surface area contributed by atoms with E-state index >= 15 is 0 Å². The van der Waals surface area contributed by atoms with E-state index in [1.807, 2.05) is 6.20 Å². The van der Waals surface area contributed by atoms with E-state index < -0.39 is 5.97 Å². The molecular formula is C10H9N3O2. The second kappa shape index (κ2) is 3.53. The maximum Gasteiger partial charge on any atom is 0.337 e. The number of aromatic carboxylic acids is 1. The lowest BCUT2D eigenvalue weighted by atomic mass is 10.1. The van der Waals surface area contributed by atoms with Gasteiger partial charge in [0, 0.05) is 36.8 Å². The van der Waals surface area contributed by atoms with Crippen molar-refractivity contribution in [1.82, 2.24) is 14.8 Å². The predicted octanol–water partition coefficient (Wildman–Crippen LogP) is 1.18. The molecule has 0 radical (unpaired) electrons. The Kier molecular flexibility index (Phi) is 2.21. The third-order valence-corrected chi connectivity index (χ3v) is 2.02. The average molecular weight is 203 g/mol. The zero-order valence-corrected chi connectivity index (χ0v) is 8.08. The largest absolute Gasteiger partial charge is 0.478 e. The summed E-state index contributed by atoms with van der Waals surface area (Å²) < 4.78 is 1.66. The van der Waals surface area contributed by atoms with Crippen LogP contribution in [0.3, 0.4) is 0 Å². The van der Waals surface area contributed by atoms with Crippen molar-refractivity contribution < 1.29 is 9.90 Å². The molecular weight excluding hydrogens is 194 g/mol. The molecule has 0 fully saturated rings. The Morgan fingerprint density at radius 3 is 2.73 bits per heavy atom. The number of pyridine rings is 1. The molecule has 0 aliphatic carbocycles. The first-order valence-corrected chi connectivity index (χ1v) is 4.34. The minimum atomic E-state index is -0.978. The normalized spacial score (nSPS) is 10.2. The van der Waals surface area contributed by atoms with Crippen LogP contribution < -0.4 is 0 Å². The van der Waals surface area contributed by atoms with Gasteiger partial charge in [0.25, 0.3) is 0 Å². The van der Waals surface area contributed by atoms with Gasteiger partial charge in [0.2, 0.25) is 0 Å². The first-order chi connectivity index (χ1) is 7.16. The number of carboxylic acids is 1. The molecule has 0 atom stereocenters. The first-order valence-electron chi connectivity index (χ1n) is 4.34. The van der Waals surface area contributed by atoms with Crippen molar-refractivity contribution in [3.8, 4) is 11.1 Å². The van der Waals surface area contributed by atoms with Crippen LogP contribution in [-0.2, 0) is 7.05 Å². The van der Waals surface area contributed by atoms with Gasteiger partial charge in [-0.1, -0.05) is 0 Å². The molecule has 0 aromatic carbocycles. The fourth-order valence-corrected chi connectivity index (χ4v) is 1.29. The van der Waals surface area contributed by atoms with Gasteiger partial charge in [0.05, 0.1) is 11.8 Å². The molecule has 0 saturated heterocycles. The predicted molar refractivity (Wildman–Crippen MR) is 53.4 cm³/mol. The van der Waals surface area contributed by atoms with E-state index in [1.165, 1.54) is 6.20 Å². The molecule has 0 spiro atoms. The fraction of sp³-hybridized carbons (Fsp3) is 0.100. The van der Waals surface area contributed by atoms with Gasteiger partial charge in [-0.2, -0.15) is 5.10 Å². The van der Waals surface area contributed by atoms with Crippen molar-refractivity contribution in [2.24, 2.45) is 7.05 Å². The van der Waals surface area contributed by atoms with Gasteiger partial charge in [0.1, 0.15) is 0 Å². The fourth-order valence-electron chi connectivity index (χ4n) is 1.29. The zero-order chi connectivity index (χ0) is 10.8. The lowest BCUT2D eigenvalue weighted by molar-refractivity contribution is 0.0696. The van der Waals surface area contributed by atoms with Crippen LogP contribution in [0.15, 0.2) is 30.9 Å². The van der Waals surface area contributed by atoms with Gasteiger partial charge in [-0.25, -0.2) is 4.79 Å². The summed E-state index contributed by atoms with van der Waals surface area (Å²) in [6, 6.07) is 1.58. The molecule has 0 bridgehead atoms. The summed E-state index contributed by atoms with van der Waals surface area (Å²) in [4.78, 5) is 14.6. The van der Waals surface area contributed by atoms with Crippen LogP contribution in [0, 0.1) is 0 Å². The highest BCUT2D eigenvalue weighted by Gasteiger charge is 2.06. The van der Waals surface area contributed by atoms with E-state index in [-0.39, 0.29) is 5.56 Å². The second-order valence-electron chi connectivity index (χ2n) is 3.17. The van der Waals surface area contributed by atoms with E-state index in [2.05, 4.69) is 10.1 Å². The van der Waals surface area contributed by atoms with Crippen molar-refractivity contribution in [3.05, 3.63) is 36.4 Å². The van der Waals surface area contributed by atoms with Gasteiger partial charge >= 0.3 is 5.97 Å². The van der Waals surface area contributed by atoms with Crippen LogP contribution >= 0.6 is 0 Å². The number of hydrogen-bond donors (Lipinski definition) is 1. The van der Waals surface area contributed by atoms with Gasteiger partial charge in [-0.3, -0.25) is 9.67 Å². The summed E-state index contributed by atoms with van der Waals surface area (Å²) in [5.41, 5.74) is 1.78. The summed E-state index contributed by atoms with van der Waals surface area (Å²) >= 11 is 0. The highest BCUT2D eigenvalue weighted by atomic mass is 16.4. The topological polar surface area (TPSA) is 68.0 Å². The Labute approximate surface area is 86.0 Å². The lowest BCUT2D eigenvalue weighted by Crippen LogP contribution is -1.96. The van der Waals surface area contributed by atoms with Crippen LogP contribution in [0.1, 0.15) is 10.4 Å². The molecule has 15 heavy (non-hydrogen) atoms. The van der Waals surface area contributed by atoms with Crippen molar-refractivity contribution in [2.45, 2.75) is 0 Å². The SMILES string of the molecule is Cn1cc(-c2cncc(C(=O)O)c2)cn1. The van der Waals surface area contributed by atoms with Gasteiger partial charge in [-0.15, -0.1) is 0 Å². The van der Waals surface area contributed by atoms with Crippen LogP contribution in [0.5, 0.6) is 0 Å². The number of rotatable bonds is 2. The zero-order valence-electron chi connectivity index (χ0n) is 8.08. The number of aryl methyl sites for hydroxylation is 1. The molecule has 0 amide bonds. The van der Waals surface area contributed by atoms with Gasteiger partial charge in [-0.05, 0) is 6.07 Å². The Bertz CT molecular complexity index is 505. The summed E-state index contributed by atoms with van der Waals surface area (Å²) in [5, 5.41) is 12.8. The minimum absolute atomic E-state index is 0.177. The molecule has 0 saturated carbocycles. The Morgan fingerprint density at radius 2 is 2.13 bits per heavy atom. The summed E-state index contributed by atoms with van der Waals surface area (Å²) in [6.07, 6.45) is 6.41. The van der Waals surface area contributed by atoms with E-state index in [0.717, 1.165) is 11.1 Å². The Balaban J connectivity index is 2.45. The smallest absolute Gasteiger partial charge is 0.337 e. The molecule has 2 aromatic rings. The highest BCUT2D eigenvalue weighted by Crippen LogP contribution is 2.17. The van der Waals surface area contributed by atoms with Crippen molar-refractivity contribution in [2.75, 3.05) is 0 Å². The quantitative estimate of drug-likeness (QED) is 0.795. The molecule has 1 N–H and O–H groups in total. The maximum absolute atomic E-state index is 10.7. The first kappa shape index (κ1) is 9.39. The van der Waals surface area contributed by atoms with Crippen LogP contribution in [-0.4, -0.2) is 25.8 Å². The molecule has 5 heteroatoms. The minimum Gasteiger partial charge on any atom is -0.478 e. The van der Waals surface area contributed by atoms with Crippen molar-refractivity contribution in [1.29, 1.82) is 0 Å². The van der Waals surface area contributed by atoms with E-state index in [9.17, 15) is 4.79 Å². The summed E-state index contributed by atoms with van der Waals surface area (Å²) in [7, 11) is 1.80. The molecule has 0 unspecified atom stereocenters. The molecule has 2 aromatic heterocycles. The monoisotopic (exact) mass is 203 g/mol. The van der Waals surface area contributed by atoms with E-state index in [0.29, 0.717) is 0 Å². The van der Waals surface area contributed by atoms with E-state index in [4.69, 9.17) is 5.11 Å². The summed E-state index contributed by atoms with van der Waals surface area (Å²) in [5.74, 6) is -0.978. The molecule has 2 rings (SSSR count). The van der Waals surface area contributed by atoms with Crippen molar-refractivity contribution >= 4 is 5.97 Å². The number of hydrogen-bond acceptors (Lipinski definition) is 3. The van der Waals surface area contributed by atoms with Crippen LogP contribution in [0.25, 0.3) is 11.1 Å². The van der Waals surface area contributed by atoms with Crippen LogP contribution in [0.4, 0.5) is 0 Å². The molecule has 2 heterocycles.